The molecule has 0 aromatic carbocycles. The second-order valence-electron chi connectivity index (χ2n) is 3.35. The first kappa shape index (κ1) is 11.7. The number of likely N-dealkylation sites (N-methyl/N-ethyl adjacent to an activating group) is 1. The SMILES string of the molecule is C=C(C)CN(C)C(=O)c1cncc(Cl)n1. The third-order valence-corrected chi connectivity index (χ3v) is 1.86. The molecule has 0 saturated carbocycles. The van der Waals surface area contributed by atoms with Crippen molar-refractivity contribution in [2.24, 2.45) is 0 Å². The standard InChI is InChI=1S/C10H12ClN3O/c1-7(2)6-14(3)10(15)8-4-12-5-9(11)13-8/h4-5H,1,6H2,2-3H3. The number of carbonyl (C=O) groups is 1. The third kappa shape index (κ3) is 3.32. The predicted octanol–water partition coefficient (Wildman–Crippen LogP) is 1.78. The lowest BCUT2D eigenvalue weighted by Crippen LogP contribution is -2.29. The Hall–Kier alpha value is -1.42. The number of hydrogen-bond acceptors (Lipinski definition) is 3. The van der Waals surface area contributed by atoms with Crippen molar-refractivity contribution in [3.63, 3.8) is 0 Å². The van der Waals surface area contributed by atoms with Crippen molar-refractivity contribution in [3.05, 3.63) is 35.4 Å². The second kappa shape index (κ2) is 4.89. The molecule has 4 nitrogen and oxygen atoms in total. The van der Waals surface area contributed by atoms with Crippen molar-refractivity contribution in [1.29, 1.82) is 0 Å². The Morgan fingerprint density at radius 3 is 2.80 bits per heavy atom. The van der Waals surface area contributed by atoms with Crippen LogP contribution in [0, 0.1) is 0 Å². The van der Waals surface area contributed by atoms with Crippen molar-refractivity contribution in [3.8, 4) is 0 Å². The van der Waals surface area contributed by atoms with Crippen molar-refractivity contribution in [2.45, 2.75) is 6.92 Å². The summed E-state index contributed by atoms with van der Waals surface area (Å²) in [6.07, 6.45) is 2.78. The Bertz CT molecular complexity index is 392. The lowest BCUT2D eigenvalue weighted by atomic mass is 10.3. The Labute approximate surface area is 93.6 Å². The lowest BCUT2D eigenvalue weighted by molar-refractivity contribution is 0.0801. The molecule has 0 saturated heterocycles. The average molecular weight is 226 g/mol. The maximum absolute atomic E-state index is 11.8. The fourth-order valence-electron chi connectivity index (χ4n) is 1.12. The highest BCUT2D eigenvalue weighted by atomic mass is 35.5. The number of rotatable bonds is 3. The minimum Gasteiger partial charge on any atom is -0.336 e. The summed E-state index contributed by atoms with van der Waals surface area (Å²) >= 11 is 5.64. The van der Waals surface area contributed by atoms with Crippen LogP contribution >= 0.6 is 11.6 Å². The molecule has 0 spiro atoms. The number of nitrogens with zero attached hydrogens (tertiary/aromatic N) is 3. The topological polar surface area (TPSA) is 46.1 Å². The molecule has 1 rings (SSSR count). The van der Waals surface area contributed by atoms with Gasteiger partial charge in [-0.25, -0.2) is 4.98 Å². The Kier molecular flexibility index (Phi) is 3.80. The van der Waals surface area contributed by atoms with Gasteiger partial charge in [0.2, 0.25) is 0 Å². The third-order valence-electron chi connectivity index (χ3n) is 1.68. The second-order valence-corrected chi connectivity index (χ2v) is 3.73. The molecule has 15 heavy (non-hydrogen) atoms. The molecule has 0 bridgehead atoms. The van der Waals surface area contributed by atoms with Gasteiger partial charge in [0.25, 0.3) is 5.91 Å². The molecule has 0 aliphatic rings. The van der Waals surface area contributed by atoms with E-state index in [-0.39, 0.29) is 16.8 Å². The van der Waals surface area contributed by atoms with Crippen molar-refractivity contribution in [2.75, 3.05) is 13.6 Å². The molecule has 0 unspecified atom stereocenters. The van der Waals surface area contributed by atoms with Crippen molar-refractivity contribution < 1.29 is 4.79 Å². The minimum atomic E-state index is -0.215. The highest BCUT2D eigenvalue weighted by Gasteiger charge is 2.13. The number of carbonyl (C=O) groups excluding carboxylic acids is 1. The smallest absolute Gasteiger partial charge is 0.274 e. The van der Waals surface area contributed by atoms with Crippen LogP contribution in [0.1, 0.15) is 17.4 Å². The zero-order chi connectivity index (χ0) is 11.4. The van der Waals surface area contributed by atoms with Crippen molar-refractivity contribution in [1.82, 2.24) is 14.9 Å². The minimum absolute atomic E-state index is 0.213. The number of amides is 1. The fourth-order valence-corrected chi connectivity index (χ4v) is 1.26. The van der Waals surface area contributed by atoms with Gasteiger partial charge in [-0.3, -0.25) is 9.78 Å². The first-order chi connectivity index (χ1) is 7.00. The zero-order valence-corrected chi connectivity index (χ0v) is 9.45. The molecule has 1 aromatic rings. The van der Waals surface area contributed by atoms with Crippen LogP contribution in [0.4, 0.5) is 0 Å². The largest absolute Gasteiger partial charge is 0.336 e. The molecular formula is C10H12ClN3O. The quantitative estimate of drug-likeness (QED) is 0.737. The van der Waals surface area contributed by atoms with Gasteiger partial charge >= 0.3 is 0 Å². The summed E-state index contributed by atoms with van der Waals surface area (Å²) in [4.78, 5) is 21.0. The van der Waals surface area contributed by atoms with E-state index in [9.17, 15) is 4.79 Å². The molecule has 0 aliphatic heterocycles. The first-order valence-corrected chi connectivity index (χ1v) is 4.76. The molecule has 0 N–H and O–H groups in total. The van der Waals surface area contributed by atoms with Crippen LogP contribution < -0.4 is 0 Å². The van der Waals surface area contributed by atoms with Crippen LogP contribution in [-0.2, 0) is 0 Å². The van der Waals surface area contributed by atoms with Crippen LogP contribution in [0.15, 0.2) is 24.5 Å². The lowest BCUT2D eigenvalue weighted by Gasteiger charge is -2.16. The van der Waals surface area contributed by atoms with Gasteiger partial charge < -0.3 is 4.90 Å². The maximum atomic E-state index is 11.8. The van der Waals surface area contributed by atoms with E-state index < -0.39 is 0 Å². The maximum Gasteiger partial charge on any atom is 0.274 e. The molecule has 0 fully saturated rings. The Balaban J connectivity index is 2.80. The van der Waals surface area contributed by atoms with Gasteiger partial charge in [-0.2, -0.15) is 0 Å². The molecule has 1 aromatic heterocycles. The van der Waals surface area contributed by atoms with Gasteiger partial charge in [0, 0.05) is 13.6 Å². The molecular weight excluding hydrogens is 214 g/mol. The van der Waals surface area contributed by atoms with Gasteiger partial charge in [-0.15, -0.1) is 0 Å². The predicted molar refractivity (Wildman–Crippen MR) is 58.8 cm³/mol. The number of hydrogen-bond donors (Lipinski definition) is 0. The van der Waals surface area contributed by atoms with E-state index in [0.717, 1.165) is 5.57 Å². The van der Waals surface area contributed by atoms with Crippen LogP contribution in [0.2, 0.25) is 5.15 Å². The molecule has 0 aliphatic carbocycles. The van der Waals surface area contributed by atoms with Crippen molar-refractivity contribution >= 4 is 17.5 Å². The first-order valence-electron chi connectivity index (χ1n) is 4.38. The normalized spacial score (nSPS) is 9.80. The number of aromatic nitrogens is 2. The van der Waals surface area contributed by atoms with E-state index in [0.29, 0.717) is 6.54 Å². The van der Waals surface area contributed by atoms with Crippen LogP contribution in [0.3, 0.4) is 0 Å². The van der Waals surface area contributed by atoms with Gasteiger partial charge in [0.1, 0.15) is 10.8 Å². The summed E-state index contributed by atoms with van der Waals surface area (Å²) in [6, 6.07) is 0. The van der Waals surface area contributed by atoms with E-state index in [2.05, 4.69) is 16.5 Å². The fraction of sp³-hybridized carbons (Fsp3) is 0.300. The number of halogens is 1. The van der Waals surface area contributed by atoms with E-state index in [1.165, 1.54) is 17.3 Å². The Morgan fingerprint density at radius 1 is 1.60 bits per heavy atom. The summed E-state index contributed by atoms with van der Waals surface area (Å²) in [5.41, 5.74) is 1.15. The summed E-state index contributed by atoms with van der Waals surface area (Å²) in [5, 5.41) is 0.213. The van der Waals surface area contributed by atoms with E-state index in [4.69, 9.17) is 11.6 Å². The van der Waals surface area contributed by atoms with Crippen LogP contribution in [-0.4, -0.2) is 34.4 Å². The van der Waals surface area contributed by atoms with E-state index in [1.807, 2.05) is 6.92 Å². The van der Waals surface area contributed by atoms with Gasteiger partial charge in [-0.05, 0) is 6.92 Å². The van der Waals surface area contributed by atoms with Gasteiger partial charge in [-0.1, -0.05) is 23.8 Å². The highest BCUT2D eigenvalue weighted by Crippen LogP contribution is 2.05. The zero-order valence-electron chi connectivity index (χ0n) is 8.70. The van der Waals surface area contributed by atoms with Crippen LogP contribution in [0.25, 0.3) is 0 Å². The molecule has 1 heterocycles. The summed E-state index contributed by atoms with van der Waals surface area (Å²) < 4.78 is 0. The molecule has 0 radical (unpaired) electrons. The monoisotopic (exact) mass is 225 g/mol. The van der Waals surface area contributed by atoms with Gasteiger partial charge in [0.05, 0.1) is 12.4 Å². The van der Waals surface area contributed by atoms with Crippen LogP contribution in [0.5, 0.6) is 0 Å². The van der Waals surface area contributed by atoms with E-state index in [1.54, 1.807) is 7.05 Å². The highest BCUT2D eigenvalue weighted by molar-refractivity contribution is 6.29. The van der Waals surface area contributed by atoms with Gasteiger partial charge in [0.15, 0.2) is 0 Å². The Morgan fingerprint density at radius 2 is 2.27 bits per heavy atom. The molecule has 1 amide bonds. The summed E-state index contributed by atoms with van der Waals surface area (Å²) in [7, 11) is 1.68. The summed E-state index contributed by atoms with van der Waals surface area (Å²) in [5.74, 6) is -0.215. The van der Waals surface area contributed by atoms with E-state index >= 15 is 0 Å². The molecule has 0 atom stereocenters. The average Bonchev–Trinajstić information content (AvgIpc) is 2.15. The summed E-state index contributed by atoms with van der Waals surface area (Å²) in [6.45, 7) is 6.08. The molecule has 5 heteroatoms. The molecule has 80 valence electrons.